The fourth-order valence-corrected chi connectivity index (χ4v) is 1.40. The number of pyridine rings is 1. The average molecular weight is 228 g/mol. The number of aliphatic carboxylic acids is 1. The van der Waals surface area contributed by atoms with E-state index >= 15 is 0 Å². The van der Waals surface area contributed by atoms with Crippen LogP contribution >= 0.6 is 0 Å². The number of hydrogen-bond acceptors (Lipinski definition) is 4. The third kappa shape index (κ3) is 3.04. The lowest BCUT2D eigenvalue weighted by Gasteiger charge is -2.10. The lowest BCUT2D eigenvalue weighted by molar-refractivity contribution is -0.304. The molecule has 86 valence electrons. The summed E-state index contributed by atoms with van der Waals surface area (Å²) in [4.78, 5) is 14.5. The standard InChI is InChI=1S/C13H11NO3/c15-13(16)9-11-12(7-4-8-14-11)17-10-5-2-1-3-6-10/h1-8H,9H2,(H,15,16)/p-1. The SMILES string of the molecule is O=C([O-])Cc1ncccc1Oc1ccccc1. The molecule has 1 heterocycles. The Hall–Kier alpha value is -2.36. The molecule has 2 rings (SSSR count). The van der Waals surface area contributed by atoms with E-state index < -0.39 is 5.97 Å². The van der Waals surface area contributed by atoms with Crippen molar-refractivity contribution < 1.29 is 14.6 Å². The molecule has 17 heavy (non-hydrogen) atoms. The van der Waals surface area contributed by atoms with Crippen LogP contribution in [0.1, 0.15) is 5.69 Å². The minimum atomic E-state index is -1.18. The van der Waals surface area contributed by atoms with Gasteiger partial charge in [-0.25, -0.2) is 0 Å². The molecule has 0 amide bonds. The minimum absolute atomic E-state index is 0.261. The molecule has 4 heteroatoms. The molecule has 2 aromatic rings. The first kappa shape index (κ1) is 11.1. The Bertz CT molecular complexity index is 511. The van der Waals surface area contributed by atoms with Crippen LogP contribution in [-0.2, 0) is 11.2 Å². The van der Waals surface area contributed by atoms with Gasteiger partial charge in [-0.3, -0.25) is 4.98 Å². The number of hydrogen-bond donors (Lipinski definition) is 0. The molecule has 0 atom stereocenters. The third-order valence-corrected chi connectivity index (χ3v) is 2.13. The van der Waals surface area contributed by atoms with Crippen molar-refractivity contribution in [3.63, 3.8) is 0 Å². The fraction of sp³-hybridized carbons (Fsp3) is 0.0769. The number of carboxylic acids is 1. The van der Waals surface area contributed by atoms with Crippen molar-refractivity contribution >= 4 is 5.97 Å². The summed E-state index contributed by atoms with van der Waals surface area (Å²) in [5.74, 6) is -0.107. The van der Waals surface area contributed by atoms with Gasteiger partial charge in [0.1, 0.15) is 11.5 Å². The second-order valence-electron chi connectivity index (χ2n) is 3.41. The summed E-state index contributed by atoms with van der Waals surface area (Å²) in [6.07, 6.45) is 1.26. The number of benzene rings is 1. The maximum Gasteiger partial charge on any atom is 0.149 e. The van der Waals surface area contributed by atoms with Gasteiger partial charge in [-0.05, 0) is 24.3 Å². The Labute approximate surface area is 98.5 Å². The van der Waals surface area contributed by atoms with Crippen LogP contribution in [0.2, 0.25) is 0 Å². The van der Waals surface area contributed by atoms with Crippen LogP contribution in [0.3, 0.4) is 0 Å². The third-order valence-electron chi connectivity index (χ3n) is 2.13. The molecule has 4 nitrogen and oxygen atoms in total. The van der Waals surface area contributed by atoms with Crippen molar-refractivity contribution in [2.45, 2.75) is 6.42 Å². The predicted molar refractivity (Wildman–Crippen MR) is 59.5 cm³/mol. The minimum Gasteiger partial charge on any atom is -0.550 e. The molecule has 0 fully saturated rings. The number of aromatic nitrogens is 1. The van der Waals surface area contributed by atoms with Crippen molar-refractivity contribution in [3.8, 4) is 11.5 Å². The summed E-state index contributed by atoms with van der Waals surface area (Å²) in [5.41, 5.74) is 0.358. The first-order valence-electron chi connectivity index (χ1n) is 5.12. The lowest BCUT2D eigenvalue weighted by atomic mass is 10.2. The highest BCUT2D eigenvalue weighted by atomic mass is 16.5. The molecule has 0 aliphatic rings. The highest BCUT2D eigenvalue weighted by Crippen LogP contribution is 2.23. The Kier molecular flexibility index (Phi) is 3.35. The Morgan fingerprint density at radius 2 is 1.94 bits per heavy atom. The van der Waals surface area contributed by atoms with E-state index in [4.69, 9.17) is 4.74 Å². The summed E-state index contributed by atoms with van der Waals surface area (Å²) in [6.45, 7) is 0. The molecule has 0 aliphatic carbocycles. The molecular formula is C13H10NO3-. The Balaban J connectivity index is 2.23. The maximum absolute atomic E-state index is 10.6. The predicted octanol–water partition coefficient (Wildman–Crippen LogP) is 1.17. The van der Waals surface area contributed by atoms with Crippen LogP contribution < -0.4 is 9.84 Å². The van der Waals surface area contributed by atoms with E-state index in [0.29, 0.717) is 17.2 Å². The van der Waals surface area contributed by atoms with Crippen LogP contribution in [0, 0.1) is 0 Å². The smallest absolute Gasteiger partial charge is 0.149 e. The van der Waals surface area contributed by atoms with Crippen molar-refractivity contribution in [2.24, 2.45) is 0 Å². The molecule has 0 aliphatic heterocycles. The van der Waals surface area contributed by atoms with E-state index in [-0.39, 0.29) is 6.42 Å². The summed E-state index contributed by atoms with van der Waals surface area (Å²) in [6, 6.07) is 12.5. The Morgan fingerprint density at radius 1 is 1.18 bits per heavy atom. The van der Waals surface area contributed by atoms with Gasteiger partial charge >= 0.3 is 0 Å². The number of carboxylic acid groups (broad SMARTS) is 1. The second kappa shape index (κ2) is 5.12. The van der Waals surface area contributed by atoms with Crippen LogP contribution in [0.5, 0.6) is 11.5 Å². The lowest BCUT2D eigenvalue weighted by Crippen LogP contribution is -2.25. The second-order valence-corrected chi connectivity index (χ2v) is 3.41. The van der Waals surface area contributed by atoms with E-state index in [0.717, 1.165) is 0 Å². The summed E-state index contributed by atoms with van der Waals surface area (Å²) in [5, 5.41) is 10.6. The fourth-order valence-electron chi connectivity index (χ4n) is 1.40. The van der Waals surface area contributed by atoms with Gasteiger partial charge in [0, 0.05) is 18.6 Å². The topological polar surface area (TPSA) is 62.2 Å². The van der Waals surface area contributed by atoms with Crippen molar-refractivity contribution in [2.75, 3.05) is 0 Å². The molecule has 0 N–H and O–H groups in total. The average Bonchev–Trinajstić information content (AvgIpc) is 2.32. The van der Waals surface area contributed by atoms with Gasteiger partial charge in [-0.15, -0.1) is 0 Å². The Morgan fingerprint density at radius 3 is 2.65 bits per heavy atom. The van der Waals surface area contributed by atoms with Crippen molar-refractivity contribution in [3.05, 3.63) is 54.4 Å². The van der Waals surface area contributed by atoms with Gasteiger partial charge < -0.3 is 14.6 Å². The number of carbonyl (C=O) groups excluding carboxylic acids is 1. The zero-order valence-corrected chi connectivity index (χ0v) is 9.00. The first-order chi connectivity index (χ1) is 8.25. The van der Waals surface area contributed by atoms with Crippen molar-refractivity contribution in [1.29, 1.82) is 0 Å². The van der Waals surface area contributed by atoms with E-state index in [1.54, 1.807) is 24.3 Å². The number of rotatable bonds is 4. The van der Waals surface area contributed by atoms with Crippen molar-refractivity contribution in [1.82, 2.24) is 4.98 Å². The number of ether oxygens (including phenoxy) is 1. The normalized spacial score (nSPS) is 9.88. The van der Waals surface area contributed by atoms with Gasteiger partial charge in [0.05, 0.1) is 5.69 Å². The van der Waals surface area contributed by atoms with E-state index in [2.05, 4.69) is 4.98 Å². The quantitative estimate of drug-likeness (QED) is 0.788. The van der Waals surface area contributed by atoms with Gasteiger partial charge in [0.15, 0.2) is 0 Å². The monoisotopic (exact) mass is 228 g/mol. The van der Waals surface area contributed by atoms with Gasteiger partial charge in [0.25, 0.3) is 0 Å². The van der Waals surface area contributed by atoms with Crippen LogP contribution in [0.25, 0.3) is 0 Å². The zero-order chi connectivity index (χ0) is 12.1. The number of carbonyl (C=O) groups is 1. The maximum atomic E-state index is 10.6. The van der Waals surface area contributed by atoms with Gasteiger partial charge in [0.2, 0.25) is 0 Å². The molecule has 0 spiro atoms. The van der Waals surface area contributed by atoms with E-state index in [9.17, 15) is 9.90 Å². The number of nitrogens with zero attached hydrogens (tertiary/aromatic N) is 1. The van der Waals surface area contributed by atoms with Gasteiger partial charge in [-0.1, -0.05) is 18.2 Å². The zero-order valence-electron chi connectivity index (χ0n) is 9.00. The summed E-state index contributed by atoms with van der Waals surface area (Å²) >= 11 is 0. The summed E-state index contributed by atoms with van der Waals surface area (Å²) < 4.78 is 5.56. The van der Waals surface area contributed by atoms with Crippen LogP contribution in [0.15, 0.2) is 48.7 Å². The molecule has 0 bridgehead atoms. The summed E-state index contributed by atoms with van der Waals surface area (Å²) in [7, 11) is 0. The molecule has 0 unspecified atom stereocenters. The largest absolute Gasteiger partial charge is 0.550 e. The molecule has 0 radical (unpaired) electrons. The van der Waals surface area contributed by atoms with Crippen LogP contribution in [-0.4, -0.2) is 11.0 Å². The molecular weight excluding hydrogens is 218 g/mol. The highest BCUT2D eigenvalue weighted by molar-refractivity contribution is 5.68. The highest BCUT2D eigenvalue weighted by Gasteiger charge is 2.05. The van der Waals surface area contributed by atoms with Crippen LogP contribution in [0.4, 0.5) is 0 Å². The van der Waals surface area contributed by atoms with E-state index in [1.165, 1.54) is 6.20 Å². The van der Waals surface area contributed by atoms with Gasteiger partial charge in [-0.2, -0.15) is 0 Å². The number of para-hydroxylation sites is 1. The first-order valence-corrected chi connectivity index (χ1v) is 5.12. The molecule has 0 saturated carbocycles. The molecule has 1 aromatic carbocycles. The van der Waals surface area contributed by atoms with E-state index in [1.807, 2.05) is 18.2 Å². The molecule has 1 aromatic heterocycles. The molecule has 0 saturated heterocycles.